The number of carbonyl (C=O) groups is 1. The van der Waals surface area contributed by atoms with E-state index in [2.05, 4.69) is 0 Å². The number of halogens is 2. The van der Waals surface area contributed by atoms with Gasteiger partial charge in [0.25, 0.3) is 0 Å². The molecule has 2 nitrogen and oxygen atoms in total. The Morgan fingerprint density at radius 3 is 2.85 bits per heavy atom. The van der Waals surface area contributed by atoms with Gasteiger partial charge in [0.05, 0.1) is 0 Å². The zero-order valence-electron chi connectivity index (χ0n) is 6.76. The average molecular weight is 203 g/mol. The van der Waals surface area contributed by atoms with Crippen molar-refractivity contribution >= 4 is 17.9 Å². The highest BCUT2D eigenvalue weighted by Gasteiger charge is 2.09. The maximum Gasteiger partial charge on any atom is 0.148 e. The minimum atomic E-state index is -0.650. The van der Waals surface area contributed by atoms with Crippen molar-refractivity contribution in [1.29, 1.82) is 0 Å². The number of rotatable bonds is 3. The molecular weight excluding hydrogens is 195 g/mol. The molecule has 0 fully saturated rings. The van der Waals surface area contributed by atoms with Gasteiger partial charge in [-0.05, 0) is 18.1 Å². The maximum atomic E-state index is 13.2. The summed E-state index contributed by atoms with van der Waals surface area (Å²) in [5.41, 5.74) is 0.343. The van der Waals surface area contributed by atoms with Gasteiger partial charge in [-0.2, -0.15) is 0 Å². The lowest BCUT2D eigenvalue weighted by Gasteiger charge is -2.03. The second-order valence-corrected chi connectivity index (χ2v) is 2.96. The van der Waals surface area contributed by atoms with Crippen LogP contribution in [0.2, 0.25) is 5.02 Å². The number of hydrogen-bond donors (Lipinski definition) is 1. The fourth-order valence-electron chi connectivity index (χ4n) is 0.987. The predicted octanol–water partition coefficient (Wildman–Crippen LogP) is 2.32. The Bertz CT molecular complexity index is 326. The van der Waals surface area contributed by atoms with Crippen molar-refractivity contribution in [3.63, 3.8) is 0 Å². The van der Waals surface area contributed by atoms with E-state index in [4.69, 9.17) is 16.7 Å². The first-order valence-corrected chi connectivity index (χ1v) is 4.14. The Kier molecular flexibility index (Phi) is 3.25. The summed E-state index contributed by atoms with van der Waals surface area (Å²) in [6.45, 7) is 0. The van der Waals surface area contributed by atoms with Crippen LogP contribution in [0.5, 0.6) is 5.75 Å². The number of hydrogen-bond acceptors (Lipinski definition) is 2. The fraction of sp³-hybridized carbons (Fsp3) is 0.222. The number of phenolic OH excluding ortho intramolecular Hbond substituents is 1. The monoisotopic (exact) mass is 202 g/mol. The molecule has 0 aliphatic heterocycles. The molecule has 0 aliphatic rings. The quantitative estimate of drug-likeness (QED) is 0.764. The zero-order chi connectivity index (χ0) is 9.84. The molecule has 1 rings (SSSR count). The van der Waals surface area contributed by atoms with E-state index in [0.717, 1.165) is 0 Å². The van der Waals surface area contributed by atoms with E-state index < -0.39 is 5.82 Å². The van der Waals surface area contributed by atoms with Crippen LogP contribution in [-0.2, 0) is 11.2 Å². The number of benzene rings is 1. The van der Waals surface area contributed by atoms with Crippen LogP contribution < -0.4 is 0 Å². The van der Waals surface area contributed by atoms with E-state index in [-0.39, 0.29) is 17.2 Å². The molecule has 0 saturated heterocycles. The minimum absolute atomic E-state index is 0.248. The molecule has 1 aromatic carbocycles. The molecular formula is C9H8ClFO2. The highest BCUT2D eigenvalue weighted by atomic mass is 35.5. The predicted molar refractivity (Wildman–Crippen MR) is 47.5 cm³/mol. The lowest BCUT2D eigenvalue weighted by molar-refractivity contribution is -0.107. The molecule has 0 bridgehead atoms. The highest BCUT2D eigenvalue weighted by Crippen LogP contribution is 2.28. The summed E-state index contributed by atoms with van der Waals surface area (Å²) in [6.07, 6.45) is 1.26. The fourth-order valence-corrected chi connectivity index (χ4v) is 1.17. The van der Waals surface area contributed by atoms with Gasteiger partial charge < -0.3 is 9.90 Å². The van der Waals surface area contributed by atoms with Gasteiger partial charge in [0, 0.05) is 6.42 Å². The molecule has 1 aromatic rings. The highest BCUT2D eigenvalue weighted by molar-refractivity contribution is 6.32. The minimum Gasteiger partial charge on any atom is -0.506 e. The summed E-state index contributed by atoms with van der Waals surface area (Å²) in [7, 11) is 0. The van der Waals surface area contributed by atoms with Gasteiger partial charge in [-0.3, -0.25) is 0 Å². The summed E-state index contributed by atoms with van der Waals surface area (Å²) in [5, 5.41) is 8.72. The number of aromatic hydroxyl groups is 1. The molecule has 0 spiro atoms. The van der Waals surface area contributed by atoms with Gasteiger partial charge in [-0.25, -0.2) is 4.39 Å². The van der Waals surface area contributed by atoms with Gasteiger partial charge in [-0.15, -0.1) is 0 Å². The standard InChI is InChI=1S/C9H8ClFO2/c10-8-7(13)4-3-6(9(8)11)2-1-5-12/h3-5,13H,1-2H2. The van der Waals surface area contributed by atoms with Crippen LogP contribution in [0.25, 0.3) is 0 Å². The first-order chi connectivity index (χ1) is 6.16. The Balaban J connectivity index is 2.96. The van der Waals surface area contributed by atoms with Crippen molar-refractivity contribution in [2.45, 2.75) is 12.8 Å². The third-order valence-corrected chi connectivity index (χ3v) is 2.03. The van der Waals surface area contributed by atoms with Crippen molar-refractivity contribution in [2.24, 2.45) is 0 Å². The van der Waals surface area contributed by atoms with Crippen molar-refractivity contribution in [3.05, 3.63) is 28.5 Å². The molecule has 0 radical (unpaired) electrons. The van der Waals surface area contributed by atoms with E-state index in [1.165, 1.54) is 12.1 Å². The molecule has 1 N–H and O–H groups in total. The Labute approximate surface area is 80.0 Å². The molecule has 4 heteroatoms. The number of carbonyl (C=O) groups excluding carboxylic acids is 1. The molecule has 0 amide bonds. The van der Waals surface area contributed by atoms with E-state index >= 15 is 0 Å². The largest absolute Gasteiger partial charge is 0.506 e. The second kappa shape index (κ2) is 4.23. The summed E-state index contributed by atoms with van der Waals surface area (Å²) in [5.74, 6) is -0.933. The van der Waals surface area contributed by atoms with Crippen LogP contribution >= 0.6 is 11.6 Å². The van der Waals surface area contributed by atoms with Gasteiger partial charge in [0.2, 0.25) is 0 Å². The lowest BCUT2D eigenvalue weighted by Crippen LogP contribution is -1.92. The normalized spacial score (nSPS) is 10.0. The second-order valence-electron chi connectivity index (χ2n) is 2.58. The van der Waals surface area contributed by atoms with Crippen LogP contribution in [-0.4, -0.2) is 11.4 Å². The number of aldehydes is 1. The molecule has 0 atom stereocenters. The molecule has 0 unspecified atom stereocenters. The first-order valence-electron chi connectivity index (χ1n) is 3.76. The van der Waals surface area contributed by atoms with Gasteiger partial charge in [0.1, 0.15) is 22.9 Å². The number of aryl methyl sites for hydroxylation is 1. The van der Waals surface area contributed by atoms with E-state index in [1.54, 1.807) is 0 Å². The van der Waals surface area contributed by atoms with Crippen molar-refractivity contribution in [2.75, 3.05) is 0 Å². The Morgan fingerprint density at radius 1 is 1.54 bits per heavy atom. The van der Waals surface area contributed by atoms with Crippen LogP contribution in [0.4, 0.5) is 4.39 Å². The molecule has 70 valence electrons. The average Bonchev–Trinajstić information content (AvgIpc) is 2.13. The van der Waals surface area contributed by atoms with Gasteiger partial charge in [-0.1, -0.05) is 17.7 Å². The van der Waals surface area contributed by atoms with Gasteiger partial charge in [0.15, 0.2) is 0 Å². The van der Waals surface area contributed by atoms with Crippen LogP contribution in [0.1, 0.15) is 12.0 Å². The van der Waals surface area contributed by atoms with E-state index in [1.807, 2.05) is 0 Å². The molecule has 13 heavy (non-hydrogen) atoms. The van der Waals surface area contributed by atoms with Crippen LogP contribution in [0.15, 0.2) is 12.1 Å². The Hall–Kier alpha value is -1.09. The SMILES string of the molecule is O=CCCc1ccc(O)c(Cl)c1F. The smallest absolute Gasteiger partial charge is 0.148 e. The summed E-state index contributed by atoms with van der Waals surface area (Å²) < 4.78 is 13.2. The first kappa shape index (κ1) is 9.99. The summed E-state index contributed by atoms with van der Waals surface area (Å²) in [6, 6.07) is 2.73. The van der Waals surface area contributed by atoms with E-state index in [0.29, 0.717) is 18.3 Å². The zero-order valence-corrected chi connectivity index (χ0v) is 7.51. The molecule has 0 aliphatic carbocycles. The van der Waals surface area contributed by atoms with Crippen LogP contribution in [0.3, 0.4) is 0 Å². The third-order valence-electron chi connectivity index (χ3n) is 1.67. The topological polar surface area (TPSA) is 37.3 Å². The molecule has 0 aromatic heterocycles. The summed E-state index contributed by atoms with van der Waals surface area (Å²) >= 11 is 5.45. The Morgan fingerprint density at radius 2 is 2.23 bits per heavy atom. The lowest BCUT2D eigenvalue weighted by atomic mass is 10.1. The summed E-state index contributed by atoms with van der Waals surface area (Å²) in [4.78, 5) is 10.0. The van der Waals surface area contributed by atoms with Crippen molar-refractivity contribution in [1.82, 2.24) is 0 Å². The molecule has 0 heterocycles. The number of phenols is 1. The van der Waals surface area contributed by atoms with E-state index in [9.17, 15) is 9.18 Å². The van der Waals surface area contributed by atoms with Crippen molar-refractivity contribution < 1.29 is 14.3 Å². The van der Waals surface area contributed by atoms with Crippen molar-refractivity contribution in [3.8, 4) is 5.75 Å². The van der Waals surface area contributed by atoms with Gasteiger partial charge >= 0.3 is 0 Å². The third kappa shape index (κ3) is 2.18. The maximum absolute atomic E-state index is 13.2. The van der Waals surface area contributed by atoms with Crippen LogP contribution in [0, 0.1) is 5.82 Å². The molecule has 0 saturated carbocycles.